The third kappa shape index (κ3) is 2.71. The van der Waals surface area contributed by atoms with Crippen molar-refractivity contribution in [2.45, 2.75) is 12.5 Å². The highest BCUT2D eigenvalue weighted by atomic mass is 35.5. The van der Waals surface area contributed by atoms with Crippen molar-refractivity contribution >= 4 is 35.0 Å². The van der Waals surface area contributed by atoms with E-state index in [2.05, 4.69) is 14.8 Å². The fourth-order valence-electron chi connectivity index (χ4n) is 2.70. The van der Waals surface area contributed by atoms with Crippen molar-refractivity contribution in [2.75, 3.05) is 37.7 Å². The average Bonchev–Trinajstić information content (AvgIpc) is 2.85. The van der Waals surface area contributed by atoms with E-state index in [-0.39, 0.29) is 12.0 Å². The van der Waals surface area contributed by atoms with E-state index in [4.69, 9.17) is 27.9 Å². The van der Waals surface area contributed by atoms with Gasteiger partial charge < -0.3 is 9.64 Å². The van der Waals surface area contributed by atoms with Gasteiger partial charge in [-0.1, -0.05) is 23.2 Å². The molecule has 0 radical (unpaired) electrons. The lowest BCUT2D eigenvalue weighted by Gasteiger charge is -2.37. The number of carbonyl (C=O) groups is 1. The van der Waals surface area contributed by atoms with E-state index < -0.39 is 0 Å². The number of aromatic nitrogens is 1. The number of rotatable bonds is 2. The van der Waals surface area contributed by atoms with Crippen LogP contribution in [0.15, 0.2) is 12.3 Å². The summed E-state index contributed by atoms with van der Waals surface area (Å²) in [7, 11) is 0. The van der Waals surface area contributed by atoms with Crippen LogP contribution >= 0.6 is 23.2 Å². The molecule has 3 heterocycles. The molecule has 0 bridgehead atoms. The Balaban J connectivity index is 1.65. The van der Waals surface area contributed by atoms with Gasteiger partial charge in [0.2, 0.25) is 0 Å². The maximum absolute atomic E-state index is 11.6. The average molecular weight is 316 g/mol. The zero-order chi connectivity index (χ0) is 14.1. The highest BCUT2D eigenvalue weighted by Gasteiger charge is 2.34. The summed E-state index contributed by atoms with van der Waals surface area (Å²) in [5, 5.41) is 1.09. The highest BCUT2D eigenvalue weighted by molar-refractivity contribution is 6.36. The van der Waals surface area contributed by atoms with Crippen LogP contribution in [0.3, 0.4) is 0 Å². The van der Waals surface area contributed by atoms with Crippen LogP contribution in [-0.2, 0) is 9.53 Å². The summed E-state index contributed by atoms with van der Waals surface area (Å²) in [5.74, 6) is 0.658. The molecule has 3 rings (SSSR count). The lowest BCUT2D eigenvalue weighted by atomic mass is 10.2. The van der Waals surface area contributed by atoms with Crippen LogP contribution in [-0.4, -0.2) is 54.7 Å². The lowest BCUT2D eigenvalue weighted by Crippen LogP contribution is -2.51. The van der Waals surface area contributed by atoms with Crippen molar-refractivity contribution in [3.63, 3.8) is 0 Å². The molecule has 2 aliphatic rings. The van der Waals surface area contributed by atoms with Gasteiger partial charge in [0.1, 0.15) is 11.9 Å². The molecule has 2 saturated heterocycles. The lowest BCUT2D eigenvalue weighted by molar-refractivity contribution is -0.142. The van der Waals surface area contributed by atoms with Crippen LogP contribution in [0.5, 0.6) is 0 Å². The number of carbonyl (C=O) groups excluding carboxylic acids is 1. The Hall–Kier alpha value is -1.04. The van der Waals surface area contributed by atoms with Crippen LogP contribution in [0.25, 0.3) is 0 Å². The molecule has 0 amide bonds. The van der Waals surface area contributed by atoms with Gasteiger partial charge in [-0.25, -0.2) is 4.98 Å². The molecular weight excluding hydrogens is 301 g/mol. The predicted octanol–water partition coefficient (Wildman–Crippen LogP) is 1.83. The fourth-order valence-corrected chi connectivity index (χ4v) is 3.20. The summed E-state index contributed by atoms with van der Waals surface area (Å²) in [4.78, 5) is 20.2. The molecule has 0 N–H and O–H groups in total. The molecule has 1 aromatic rings. The number of hydrogen-bond acceptors (Lipinski definition) is 5. The summed E-state index contributed by atoms with van der Waals surface area (Å²) >= 11 is 12.0. The van der Waals surface area contributed by atoms with Gasteiger partial charge in [0.15, 0.2) is 0 Å². The van der Waals surface area contributed by atoms with Gasteiger partial charge in [0, 0.05) is 38.8 Å². The van der Waals surface area contributed by atoms with Crippen LogP contribution < -0.4 is 4.90 Å². The van der Waals surface area contributed by atoms with Gasteiger partial charge >= 0.3 is 5.97 Å². The van der Waals surface area contributed by atoms with Gasteiger partial charge in [0.05, 0.1) is 16.7 Å². The quantitative estimate of drug-likeness (QED) is 0.779. The Kier molecular flexibility index (Phi) is 4.01. The first-order chi connectivity index (χ1) is 9.65. The molecule has 0 aromatic carbocycles. The molecule has 0 saturated carbocycles. The normalized spacial score (nSPS) is 24.0. The third-order valence-corrected chi connectivity index (χ3v) is 4.24. The minimum atomic E-state index is -0.0962. The Morgan fingerprint density at radius 1 is 1.25 bits per heavy atom. The van der Waals surface area contributed by atoms with Crippen molar-refractivity contribution in [2.24, 2.45) is 0 Å². The van der Waals surface area contributed by atoms with E-state index in [1.807, 2.05) is 0 Å². The summed E-state index contributed by atoms with van der Waals surface area (Å²) in [6.45, 7) is 3.73. The van der Waals surface area contributed by atoms with Crippen molar-refractivity contribution in [3.8, 4) is 0 Å². The summed E-state index contributed by atoms with van der Waals surface area (Å²) in [6, 6.07) is 1.62. The maximum atomic E-state index is 11.6. The topological polar surface area (TPSA) is 45.7 Å². The number of esters is 1. The van der Waals surface area contributed by atoms with E-state index in [9.17, 15) is 4.79 Å². The molecule has 1 aromatic heterocycles. The highest BCUT2D eigenvalue weighted by Crippen LogP contribution is 2.27. The smallest absolute Gasteiger partial charge is 0.323 e. The minimum absolute atomic E-state index is 0.0780. The maximum Gasteiger partial charge on any atom is 0.323 e. The van der Waals surface area contributed by atoms with E-state index in [0.29, 0.717) is 16.7 Å². The second-order valence-corrected chi connectivity index (χ2v) is 5.80. The largest absolute Gasteiger partial charge is 0.464 e. The van der Waals surface area contributed by atoms with E-state index in [1.54, 1.807) is 12.3 Å². The van der Waals surface area contributed by atoms with Crippen LogP contribution in [0.1, 0.15) is 6.42 Å². The molecule has 0 unspecified atom stereocenters. The first kappa shape index (κ1) is 13.9. The first-order valence-corrected chi connectivity index (χ1v) is 7.37. The number of anilines is 1. The number of hydrogen-bond donors (Lipinski definition) is 0. The molecule has 0 aliphatic carbocycles. The van der Waals surface area contributed by atoms with E-state index in [1.165, 1.54) is 0 Å². The molecule has 1 atom stereocenters. The number of cyclic esters (lactones) is 1. The van der Waals surface area contributed by atoms with E-state index in [0.717, 1.165) is 38.4 Å². The third-order valence-electron chi connectivity index (χ3n) is 3.75. The molecular formula is C13H15Cl2N3O2. The van der Waals surface area contributed by atoms with Gasteiger partial charge in [0.25, 0.3) is 0 Å². The Morgan fingerprint density at radius 2 is 2.00 bits per heavy atom. The van der Waals surface area contributed by atoms with Crippen molar-refractivity contribution in [1.82, 2.24) is 9.88 Å². The molecule has 108 valence electrons. The zero-order valence-electron chi connectivity index (χ0n) is 10.9. The second-order valence-electron chi connectivity index (χ2n) is 4.95. The predicted molar refractivity (Wildman–Crippen MR) is 77.4 cm³/mol. The second kappa shape index (κ2) is 5.76. The van der Waals surface area contributed by atoms with Gasteiger partial charge in [-0.3, -0.25) is 9.69 Å². The monoisotopic (exact) mass is 315 g/mol. The first-order valence-electron chi connectivity index (χ1n) is 6.62. The molecule has 2 fully saturated rings. The SMILES string of the molecule is O=C1OCC[C@H]1N1CCN(c2ncc(Cl)cc2Cl)CC1. The van der Waals surface area contributed by atoms with Crippen molar-refractivity contribution in [1.29, 1.82) is 0 Å². The molecule has 0 spiro atoms. The van der Waals surface area contributed by atoms with Gasteiger partial charge in [-0.2, -0.15) is 0 Å². The standard InChI is InChI=1S/C13H15Cl2N3O2/c14-9-7-10(15)12(16-8-9)18-4-2-17(3-5-18)11-1-6-20-13(11)19/h7-8,11H,1-6H2/t11-/m1/s1. The number of nitrogens with zero attached hydrogens (tertiary/aromatic N) is 3. The Bertz CT molecular complexity index is 518. The minimum Gasteiger partial charge on any atom is -0.464 e. The zero-order valence-corrected chi connectivity index (χ0v) is 12.4. The number of piperazine rings is 1. The van der Waals surface area contributed by atoms with Crippen LogP contribution in [0.2, 0.25) is 10.0 Å². The molecule has 20 heavy (non-hydrogen) atoms. The van der Waals surface area contributed by atoms with Crippen LogP contribution in [0.4, 0.5) is 5.82 Å². The fraction of sp³-hybridized carbons (Fsp3) is 0.538. The van der Waals surface area contributed by atoms with Gasteiger partial charge in [-0.05, 0) is 6.07 Å². The number of pyridine rings is 1. The van der Waals surface area contributed by atoms with E-state index >= 15 is 0 Å². The van der Waals surface area contributed by atoms with Crippen LogP contribution in [0, 0.1) is 0 Å². The molecule has 2 aliphatic heterocycles. The number of ether oxygens (including phenoxy) is 1. The summed E-state index contributed by atoms with van der Waals surface area (Å²) < 4.78 is 5.02. The van der Waals surface area contributed by atoms with Crippen molar-refractivity contribution in [3.05, 3.63) is 22.3 Å². The Labute approximate surface area is 127 Å². The van der Waals surface area contributed by atoms with Gasteiger partial charge in [-0.15, -0.1) is 0 Å². The molecule has 7 heteroatoms. The Morgan fingerprint density at radius 3 is 2.60 bits per heavy atom. The summed E-state index contributed by atoms with van der Waals surface area (Å²) in [5.41, 5.74) is 0. The molecule has 5 nitrogen and oxygen atoms in total. The van der Waals surface area contributed by atoms with Crippen molar-refractivity contribution < 1.29 is 9.53 Å². The summed E-state index contributed by atoms with van der Waals surface area (Å²) in [6.07, 6.45) is 2.39. The number of halogens is 2.